The summed E-state index contributed by atoms with van der Waals surface area (Å²) >= 11 is 0. The fourth-order valence-electron chi connectivity index (χ4n) is 3.22. The van der Waals surface area contributed by atoms with E-state index in [0.717, 1.165) is 16.6 Å². The van der Waals surface area contributed by atoms with Gasteiger partial charge in [0.25, 0.3) is 15.9 Å². The van der Waals surface area contributed by atoms with Gasteiger partial charge in [-0.1, -0.05) is 36.4 Å². The molecule has 0 saturated carbocycles. The predicted octanol–water partition coefficient (Wildman–Crippen LogP) is 4.07. The van der Waals surface area contributed by atoms with E-state index in [2.05, 4.69) is 10.5 Å². The van der Waals surface area contributed by atoms with Crippen LogP contribution in [0.1, 0.15) is 11.1 Å². The number of hydrazone groups is 1. The Kier molecular flexibility index (Phi) is 8.20. The van der Waals surface area contributed by atoms with Crippen molar-refractivity contribution in [3.05, 3.63) is 83.9 Å². The molecule has 0 aliphatic rings. The smallest absolute Gasteiger partial charge is 0.417 e. The molecule has 3 rings (SSSR count). The zero-order valence-corrected chi connectivity index (χ0v) is 20.0. The highest BCUT2D eigenvalue weighted by Crippen LogP contribution is 2.35. The average molecular weight is 522 g/mol. The second kappa shape index (κ2) is 11.1. The maximum Gasteiger partial charge on any atom is 0.417 e. The number of hydrogen-bond donors (Lipinski definition) is 1. The summed E-state index contributed by atoms with van der Waals surface area (Å²) in [6.07, 6.45) is -3.77. The molecule has 0 heterocycles. The lowest BCUT2D eigenvalue weighted by molar-refractivity contribution is -0.137. The standard InChI is InChI=1S/C24H22F3N3O5S/c1-34-18-12-13-21(22(14-18)35-2)30(36(32,33)19-9-4-3-5-10-19)16-23(31)29-28-15-17-8-6-7-11-20(17)24(25,26)27/h3-15H,16H2,1-2H3,(H,29,31)/b28-15-. The number of sulfonamides is 1. The van der Waals surface area contributed by atoms with E-state index in [-0.39, 0.29) is 21.9 Å². The highest BCUT2D eigenvalue weighted by Gasteiger charge is 2.33. The van der Waals surface area contributed by atoms with Crippen LogP contribution in [0.4, 0.5) is 18.9 Å². The Bertz CT molecular complexity index is 1350. The minimum absolute atomic E-state index is 0.0451. The highest BCUT2D eigenvalue weighted by atomic mass is 32.2. The Morgan fingerprint density at radius 2 is 1.67 bits per heavy atom. The first kappa shape index (κ1) is 26.5. The molecule has 0 bridgehead atoms. The van der Waals surface area contributed by atoms with Crippen molar-refractivity contribution in [1.82, 2.24) is 5.43 Å². The number of anilines is 1. The van der Waals surface area contributed by atoms with E-state index in [1.54, 1.807) is 6.07 Å². The molecule has 0 aliphatic carbocycles. The van der Waals surface area contributed by atoms with Gasteiger partial charge in [0.15, 0.2) is 0 Å². The number of hydrogen-bond acceptors (Lipinski definition) is 6. The molecule has 0 aromatic heterocycles. The maximum absolute atomic E-state index is 13.4. The Morgan fingerprint density at radius 3 is 2.31 bits per heavy atom. The molecule has 0 fully saturated rings. The maximum atomic E-state index is 13.4. The molecule has 0 spiro atoms. The molecule has 12 heteroatoms. The molecule has 0 radical (unpaired) electrons. The van der Waals surface area contributed by atoms with Crippen LogP contribution in [0, 0.1) is 0 Å². The second-order valence-electron chi connectivity index (χ2n) is 7.24. The predicted molar refractivity (Wildman–Crippen MR) is 128 cm³/mol. The van der Waals surface area contributed by atoms with Crippen molar-refractivity contribution in [3.8, 4) is 11.5 Å². The van der Waals surface area contributed by atoms with E-state index in [1.165, 1.54) is 74.9 Å². The molecular formula is C24H22F3N3O5S. The number of nitrogens with zero attached hydrogens (tertiary/aromatic N) is 2. The zero-order valence-electron chi connectivity index (χ0n) is 19.2. The van der Waals surface area contributed by atoms with Crippen molar-refractivity contribution in [1.29, 1.82) is 0 Å². The first-order chi connectivity index (χ1) is 17.1. The molecule has 3 aromatic rings. The van der Waals surface area contributed by atoms with Gasteiger partial charge < -0.3 is 9.47 Å². The summed E-state index contributed by atoms with van der Waals surface area (Å²) in [6.45, 7) is -0.738. The number of benzene rings is 3. The van der Waals surface area contributed by atoms with Gasteiger partial charge in [0.2, 0.25) is 0 Å². The van der Waals surface area contributed by atoms with Crippen molar-refractivity contribution in [2.24, 2.45) is 5.10 Å². The van der Waals surface area contributed by atoms with Gasteiger partial charge in [0.1, 0.15) is 18.0 Å². The topological polar surface area (TPSA) is 97.3 Å². The van der Waals surface area contributed by atoms with Crippen LogP contribution in [0.25, 0.3) is 0 Å². The van der Waals surface area contributed by atoms with Gasteiger partial charge >= 0.3 is 6.18 Å². The number of alkyl halides is 3. The molecule has 3 aromatic carbocycles. The molecule has 190 valence electrons. The van der Waals surface area contributed by atoms with Crippen molar-refractivity contribution in [2.75, 3.05) is 25.1 Å². The summed E-state index contributed by atoms with van der Waals surface area (Å²) in [5.41, 5.74) is 0.931. The van der Waals surface area contributed by atoms with Crippen LogP contribution < -0.4 is 19.2 Å². The lowest BCUT2D eigenvalue weighted by Crippen LogP contribution is -2.39. The van der Waals surface area contributed by atoms with Gasteiger partial charge in [0, 0.05) is 11.6 Å². The summed E-state index contributed by atoms with van der Waals surface area (Å²) in [4.78, 5) is 12.6. The Morgan fingerprint density at radius 1 is 1.00 bits per heavy atom. The first-order valence-electron chi connectivity index (χ1n) is 10.4. The lowest BCUT2D eigenvalue weighted by atomic mass is 10.1. The Labute approximate surface area is 206 Å². The van der Waals surface area contributed by atoms with Crippen molar-refractivity contribution < 1.29 is 35.9 Å². The van der Waals surface area contributed by atoms with Crippen molar-refractivity contribution in [2.45, 2.75) is 11.1 Å². The third-order valence-electron chi connectivity index (χ3n) is 4.93. The minimum atomic E-state index is -4.61. The lowest BCUT2D eigenvalue weighted by Gasteiger charge is -2.25. The summed E-state index contributed by atoms with van der Waals surface area (Å²) in [7, 11) is -1.50. The number of amides is 1. The molecule has 0 unspecified atom stereocenters. The van der Waals surface area contributed by atoms with E-state index in [0.29, 0.717) is 5.75 Å². The van der Waals surface area contributed by atoms with Gasteiger partial charge in [-0.2, -0.15) is 18.3 Å². The average Bonchev–Trinajstić information content (AvgIpc) is 2.87. The third kappa shape index (κ3) is 6.13. The number of nitrogens with one attached hydrogen (secondary N) is 1. The number of ether oxygens (including phenoxy) is 2. The summed E-state index contributed by atoms with van der Waals surface area (Å²) < 4.78 is 77.7. The first-order valence-corrected chi connectivity index (χ1v) is 11.8. The van der Waals surface area contributed by atoms with Crippen LogP contribution in [0.2, 0.25) is 0 Å². The molecule has 1 N–H and O–H groups in total. The van der Waals surface area contributed by atoms with E-state index in [9.17, 15) is 26.4 Å². The second-order valence-corrected chi connectivity index (χ2v) is 9.10. The summed E-state index contributed by atoms with van der Waals surface area (Å²) in [5, 5.41) is 3.59. The van der Waals surface area contributed by atoms with Gasteiger partial charge in [-0.3, -0.25) is 9.10 Å². The minimum Gasteiger partial charge on any atom is -0.497 e. The number of halogens is 3. The zero-order chi connectivity index (χ0) is 26.3. The fraction of sp³-hybridized carbons (Fsp3) is 0.167. The number of methoxy groups -OCH3 is 2. The SMILES string of the molecule is COc1ccc(N(CC(=O)N/N=C\c2ccccc2C(F)(F)F)S(=O)(=O)c2ccccc2)c(OC)c1. The number of rotatable bonds is 9. The normalized spacial score (nSPS) is 11.8. The van der Waals surface area contributed by atoms with E-state index >= 15 is 0 Å². The van der Waals surface area contributed by atoms with Crippen LogP contribution in [-0.2, 0) is 21.0 Å². The molecule has 0 saturated heterocycles. The highest BCUT2D eigenvalue weighted by molar-refractivity contribution is 7.92. The van der Waals surface area contributed by atoms with Crippen LogP contribution in [0.3, 0.4) is 0 Å². The molecular weight excluding hydrogens is 499 g/mol. The van der Waals surface area contributed by atoms with Gasteiger partial charge in [-0.05, 0) is 30.3 Å². The quantitative estimate of drug-likeness (QED) is 0.338. The molecule has 36 heavy (non-hydrogen) atoms. The van der Waals surface area contributed by atoms with E-state index in [4.69, 9.17) is 9.47 Å². The Hall–Kier alpha value is -4.06. The summed E-state index contributed by atoms with van der Waals surface area (Å²) in [5.74, 6) is -0.387. The van der Waals surface area contributed by atoms with Gasteiger partial charge in [0.05, 0.1) is 36.6 Å². The van der Waals surface area contributed by atoms with Gasteiger partial charge in [-0.25, -0.2) is 13.8 Å². The van der Waals surface area contributed by atoms with E-state index in [1.807, 2.05) is 0 Å². The Balaban J connectivity index is 1.92. The molecule has 0 atom stereocenters. The molecule has 1 amide bonds. The summed E-state index contributed by atoms with van der Waals surface area (Å²) in [6, 6.07) is 16.5. The number of carbonyl (C=O) groups is 1. The van der Waals surface area contributed by atoms with Crippen molar-refractivity contribution in [3.63, 3.8) is 0 Å². The van der Waals surface area contributed by atoms with Crippen molar-refractivity contribution >= 4 is 27.8 Å². The molecule has 0 aliphatic heterocycles. The third-order valence-corrected chi connectivity index (χ3v) is 6.71. The van der Waals surface area contributed by atoms with Crippen LogP contribution in [-0.4, -0.2) is 41.3 Å². The van der Waals surface area contributed by atoms with Gasteiger partial charge in [-0.15, -0.1) is 0 Å². The van der Waals surface area contributed by atoms with Crippen LogP contribution in [0.15, 0.2) is 82.8 Å². The molecule has 8 nitrogen and oxygen atoms in total. The fourth-order valence-corrected chi connectivity index (χ4v) is 4.67. The van der Waals surface area contributed by atoms with Crippen LogP contribution in [0.5, 0.6) is 11.5 Å². The monoisotopic (exact) mass is 521 g/mol. The van der Waals surface area contributed by atoms with Crippen LogP contribution >= 0.6 is 0 Å². The number of carbonyl (C=O) groups excluding carboxylic acids is 1. The van der Waals surface area contributed by atoms with E-state index < -0.39 is 34.2 Å². The largest absolute Gasteiger partial charge is 0.497 e.